The highest BCUT2D eigenvalue weighted by molar-refractivity contribution is 7.88. The third kappa shape index (κ3) is 3.51. The maximum Gasteiger partial charge on any atom is 0.326 e. The normalized spacial score (nSPS) is 21.4. The van der Waals surface area contributed by atoms with Gasteiger partial charge in [0, 0.05) is 24.7 Å². The molecule has 3 heterocycles. The number of halogens is 2. The Morgan fingerprint density at radius 1 is 1.16 bits per heavy atom. The van der Waals surface area contributed by atoms with Crippen molar-refractivity contribution in [3.63, 3.8) is 0 Å². The van der Waals surface area contributed by atoms with Crippen molar-refractivity contribution in [1.29, 1.82) is 0 Å². The van der Waals surface area contributed by atoms with Crippen molar-refractivity contribution in [3.05, 3.63) is 48.0 Å². The molecule has 2 atom stereocenters. The molecule has 0 unspecified atom stereocenters. The van der Waals surface area contributed by atoms with E-state index in [0.717, 1.165) is 6.26 Å². The molecule has 11 heteroatoms. The number of nitrogens with one attached hydrogen (secondary N) is 1. The fraction of sp³-hybridized carbons (Fsp3) is 0.333. The summed E-state index contributed by atoms with van der Waals surface area (Å²) < 4.78 is 60.3. The SMILES string of the molecule is CS(=O)(=O)N[C@@H]1CCN2C(=O)N(c3noc4cccc(-c5c(F)cccc5F)c34)C[C@@H]2C1. The van der Waals surface area contributed by atoms with Crippen LogP contribution in [0.4, 0.5) is 19.4 Å². The largest absolute Gasteiger partial charge is 0.354 e. The Bertz CT molecular complexity index is 1310. The molecule has 2 aliphatic heterocycles. The highest BCUT2D eigenvalue weighted by Crippen LogP contribution is 2.40. The lowest BCUT2D eigenvalue weighted by molar-refractivity contribution is 0.176. The van der Waals surface area contributed by atoms with Gasteiger partial charge in [-0.2, -0.15) is 0 Å². The molecular formula is C21H20F2N4O4S. The predicted octanol–water partition coefficient (Wildman–Crippen LogP) is 3.10. The summed E-state index contributed by atoms with van der Waals surface area (Å²) in [6.45, 7) is 0.647. The van der Waals surface area contributed by atoms with E-state index in [-0.39, 0.29) is 41.6 Å². The van der Waals surface area contributed by atoms with Gasteiger partial charge in [0.1, 0.15) is 11.6 Å². The van der Waals surface area contributed by atoms with Crippen LogP contribution in [0.3, 0.4) is 0 Å². The molecule has 2 fully saturated rings. The van der Waals surface area contributed by atoms with Gasteiger partial charge in [-0.15, -0.1) is 0 Å². The lowest BCUT2D eigenvalue weighted by Crippen LogP contribution is -2.48. The number of urea groups is 1. The van der Waals surface area contributed by atoms with Crippen molar-refractivity contribution in [2.45, 2.75) is 24.9 Å². The van der Waals surface area contributed by atoms with E-state index in [1.165, 1.54) is 23.1 Å². The number of sulfonamides is 1. The second-order valence-electron chi connectivity index (χ2n) is 8.13. The quantitative estimate of drug-likeness (QED) is 0.643. The summed E-state index contributed by atoms with van der Waals surface area (Å²) in [6, 6.07) is 7.61. The number of fused-ring (bicyclic) bond motifs is 2. The number of hydrogen-bond acceptors (Lipinski definition) is 5. The molecule has 1 N–H and O–H groups in total. The summed E-state index contributed by atoms with van der Waals surface area (Å²) in [5.74, 6) is -1.28. The van der Waals surface area contributed by atoms with Gasteiger partial charge in [-0.05, 0) is 31.0 Å². The summed E-state index contributed by atoms with van der Waals surface area (Å²) >= 11 is 0. The number of nitrogens with zero attached hydrogens (tertiary/aromatic N) is 3. The van der Waals surface area contributed by atoms with Gasteiger partial charge in [-0.3, -0.25) is 4.90 Å². The molecule has 3 aromatic rings. The Hall–Kier alpha value is -3.05. The van der Waals surface area contributed by atoms with Crippen LogP contribution in [0, 0.1) is 11.6 Å². The first-order chi connectivity index (χ1) is 15.2. The minimum Gasteiger partial charge on any atom is -0.354 e. The molecule has 8 nitrogen and oxygen atoms in total. The van der Waals surface area contributed by atoms with Gasteiger partial charge in [0.05, 0.1) is 23.2 Å². The van der Waals surface area contributed by atoms with Crippen LogP contribution in [0.25, 0.3) is 22.1 Å². The number of carbonyl (C=O) groups excluding carboxylic acids is 1. The summed E-state index contributed by atoms with van der Waals surface area (Å²) in [4.78, 5) is 16.2. The van der Waals surface area contributed by atoms with Gasteiger partial charge in [0.25, 0.3) is 0 Å². The van der Waals surface area contributed by atoms with E-state index in [1.54, 1.807) is 23.1 Å². The first-order valence-electron chi connectivity index (χ1n) is 10.1. The molecule has 5 rings (SSSR count). The lowest BCUT2D eigenvalue weighted by Gasteiger charge is -2.33. The third-order valence-electron chi connectivity index (χ3n) is 5.93. The van der Waals surface area contributed by atoms with E-state index >= 15 is 0 Å². The van der Waals surface area contributed by atoms with Gasteiger partial charge in [0.2, 0.25) is 10.0 Å². The van der Waals surface area contributed by atoms with Gasteiger partial charge < -0.3 is 9.42 Å². The van der Waals surface area contributed by atoms with Crippen LogP contribution in [-0.2, 0) is 10.0 Å². The Labute approximate surface area is 182 Å². The second kappa shape index (κ2) is 7.52. The van der Waals surface area contributed by atoms with Crippen LogP contribution < -0.4 is 9.62 Å². The molecule has 0 aliphatic carbocycles. The van der Waals surface area contributed by atoms with Crippen LogP contribution in [0.1, 0.15) is 12.8 Å². The van der Waals surface area contributed by atoms with Crippen LogP contribution in [-0.4, -0.2) is 55.9 Å². The Morgan fingerprint density at radius 3 is 2.59 bits per heavy atom. The molecular weight excluding hydrogens is 442 g/mol. The van der Waals surface area contributed by atoms with E-state index in [4.69, 9.17) is 4.52 Å². The van der Waals surface area contributed by atoms with Crippen molar-refractivity contribution >= 4 is 32.8 Å². The predicted molar refractivity (Wildman–Crippen MR) is 114 cm³/mol. The van der Waals surface area contributed by atoms with Crippen LogP contribution in [0.5, 0.6) is 0 Å². The molecule has 2 aliphatic rings. The Kier molecular flexibility index (Phi) is 4.90. The van der Waals surface area contributed by atoms with E-state index in [0.29, 0.717) is 30.4 Å². The van der Waals surface area contributed by atoms with Crippen molar-refractivity contribution in [1.82, 2.24) is 14.8 Å². The van der Waals surface area contributed by atoms with Crippen molar-refractivity contribution in [2.75, 3.05) is 24.2 Å². The van der Waals surface area contributed by atoms with Gasteiger partial charge in [0.15, 0.2) is 11.4 Å². The molecule has 1 aromatic heterocycles. The van der Waals surface area contributed by atoms with E-state index < -0.39 is 21.7 Å². The summed E-state index contributed by atoms with van der Waals surface area (Å²) in [7, 11) is -3.36. The highest BCUT2D eigenvalue weighted by atomic mass is 32.2. The van der Waals surface area contributed by atoms with Gasteiger partial charge >= 0.3 is 6.03 Å². The molecule has 168 valence electrons. The molecule has 2 amide bonds. The molecule has 0 saturated carbocycles. The zero-order valence-electron chi connectivity index (χ0n) is 17.1. The zero-order valence-corrected chi connectivity index (χ0v) is 17.9. The number of rotatable bonds is 4. The third-order valence-corrected chi connectivity index (χ3v) is 6.70. The summed E-state index contributed by atoms with van der Waals surface area (Å²) in [6.07, 6.45) is 2.06. The topological polar surface area (TPSA) is 95.8 Å². The average Bonchev–Trinajstić information content (AvgIpc) is 3.28. The van der Waals surface area contributed by atoms with E-state index in [1.807, 2.05) is 0 Å². The van der Waals surface area contributed by atoms with Gasteiger partial charge in [-0.1, -0.05) is 23.4 Å². The number of aromatic nitrogens is 1. The van der Waals surface area contributed by atoms with E-state index in [9.17, 15) is 22.0 Å². The molecule has 2 aromatic carbocycles. The minimum absolute atomic E-state index is 0.185. The Balaban J connectivity index is 1.53. The standard InChI is InChI=1S/C21H20F2N4O4S/c1-32(29,30)25-12-8-9-26-13(10-12)11-27(21(26)28)20-19-14(4-2-7-17(19)31-24-20)18-15(22)5-3-6-16(18)23/h2-7,12-13,25H,8-11H2,1H3/t12-,13+/m1/s1. The number of benzene rings is 2. The fourth-order valence-corrected chi connectivity index (χ4v) is 5.45. The fourth-order valence-electron chi connectivity index (χ4n) is 4.63. The number of amides is 2. The van der Waals surface area contributed by atoms with E-state index in [2.05, 4.69) is 9.88 Å². The van der Waals surface area contributed by atoms with Crippen molar-refractivity contribution in [2.24, 2.45) is 0 Å². The lowest BCUT2D eigenvalue weighted by atomic mass is 9.99. The average molecular weight is 462 g/mol. The highest BCUT2D eigenvalue weighted by Gasteiger charge is 2.44. The van der Waals surface area contributed by atoms with Crippen LogP contribution in [0.15, 0.2) is 40.9 Å². The van der Waals surface area contributed by atoms with Crippen LogP contribution in [0.2, 0.25) is 0 Å². The number of hydrogen-bond donors (Lipinski definition) is 1. The molecule has 0 spiro atoms. The molecule has 0 bridgehead atoms. The number of anilines is 1. The number of carbonyl (C=O) groups is 1. The van der Waals surface area contributed by atoms with Crippen LogP contribution >= 0.6 is 0 Å². The molecule has 0 radical (unpaired) electrons. The minimum atomic E-state index is -3.36. The smallest absolute Gasteiger partial charge is 0.326 e. The number of piperidine rings is 1. The summed E-state index contributed by atoms with van der Waals surface area (Å²) in [5, 5.41) is 4.40. The maximum absolute atomic E-state index is 14.5. The summed E-state index contributed by atoms with van der Waals surface area (Å²) in [5.41, 5.74) is 0.322. The van der Waals surface area contributed by atoms with Gasteiger partial charge in [-0.25, -0.2) is 26.7 Å². The first-order valence-corrected chi connectivity index (χ1v) is 12.0. The molecule has 2 saturated heterocycles. The first kappa shape index (κ1) is 20.8. The molecule has 32 heavy (non-hydrogen) atoms. The maximum atomic E-state index is 14.5. The second-order valence-corrected chi connectivity index (χ2v) is 9.91. The monoisotopic (exact) mass is 462 g/mol. The van der Waals surface area contributed by atoms with Crippen molar-refractivity contribution in [3.8, 4) is 11.1 Å². The zero-order chi connectivity index (χ0) is 22.6. The Morgan fingerprint density at radius 2 is 1.88 bits per heavy atom. The van der Waals surface area contributed by atoms with Crippen molar-refractivity contribution < 1.29 is 26.5 Å².